The molecule has 1 fully saturated rings. The topological polar surface area (TPSA) is 52.0 Å². The molecular formula is C27H26N4O. The molecule has 0 aliphatic carbocycles. The van der Waals surface area contributed by atoms with Crippen LogP contribution < -0.4 is 5.32 Å². The van der Waals surface area contributed by atoms with Gasteiger partial charge in [-0.1, -0.05) is 41.7 Å². The van der Waals surface area contributed by atoms with Gasteiger partial charge in [0.1, 0.15) is 12.1 Å². The fourth-order valence-corrected chi connectivity index (χ4v) is 4.05. The summed E-state index contributed by atoms with van der Waals surface area (Å²) in [4.78, 5) is 9.26. The van der Waals surface area contributed by atoms with Crippen LogP contribution in [0.15, 0.2) is 61.1 Å². The second kappa shape index (κ2) is 8.86. The Morgan fingerprint density at radius 1 is 0.969 bits per heavy atom. The molecule has 5 rings (SSSR count). The van der Waals surface area contributed by atoms with Crippen molar-refractivity contribution in [2.75, 3.05) is 18.5 Å². The zero-order chi connectivity index (χ0) is 21.9. The molecule has 3 heterocycles. The molecule has 0 saturated carbocycles. The van der Waals surface area contributed by atoms with Crippen molar-refractivity contribution in [3.63, 3.8) is 0 Å². The van der Waals surface area contributed by atoms with Crippen LogP contribution in [0.25, 0.3) is 16.7 Å². The Labute approximate surface area is 188 Å². The Balaban J connectivity index is 1.64. The number of aromatic nitrogens is 3. The molecule has 4 aromatic rings. The minimum absolute atomic E-state index is 0.335. The first-order valence-electron chi connectivity index (χ1n) is 11.0. The van der Waals surface area contributed by atoms with E-state index in [0.717, 1.165) is 59.7 Å². The molecule has 1 aliphatic heterocycles. The van der Waals surface area contributed by atoms with Gasteiger partial charge in [0.15, 0.2) is 5.65 Å². The zero-order valence-corrected chi connectivity index (χ0v) is 18.4. The molecule has 0 spiro atoms. The largest absolute Gasteiger partial charge is 0.381 e. The first-order chi connectivity index (χ1) is 15.7. The van der Waals surface area contributed by atoms with Gasteiger partial charge in [-0.15, -0.1) is 0 Å². The molecule has 5 nitrogen and oxygen atoms in total. The fraction of sp³-hybridized carbons (Fsp3) is 0.259. The van der Waals surface area contributed by atoms with Gasteiger partial charge in [-0.2, -0.15) is 0 Å². The average Bonchev–Trinajstić information content (AvgIpc) is 3.19. The Hall–Kier alpha value is -3.62. The fourth-order valence-electron chi connectivity index (χ4n) is 4.05. The van der Waals surface area contributed by atoms with Crippen molar-refractivity contribution >= 4 is 16.9 Å². The Morgan fingerprint density at radius 2 is 1.78 bits per heavy atom. The van der Waals surface area contributed by atoms with Crippen molar-refractivity contribution in [2.45, 2.75) is 32.7 Å². The van der Waals surface area contributed by atoms with E-state index in [4.69, 9.17) is 4.74 Å². The van der Waals surface area contributed by atoms with E-state index in [1.807, 2.05) is 0 Å². The van der Waals surface area contributed by atoms with Crippen LogP contribution in [0, 0.1) is 25.7 Å². The Bertz CT molecular complexity index is 1310. The number of anilines is 1. The van der Waals surface area contributed by atoms with Gasteiger partial charge in [0.05, 0.1) is 10.9 Å². The van der Waals surface area contributed by atoms with Crippen LogP contribution in [-0.2, 0) is 4.74 Å². The quantitative estimate of drug-likeness (QED) is 0.471. The van der Waals surface area contributed by atoms with Crippen LogP contribution in [0.4, 0.5) is 5.82 Å². The minimum atomic E-state index is 0.335. The van der Waals surface area contributed by atoms with Crippen LogP contribution in [0.5, 0.6) is 0 Å². The van der Waals surface area contributed by atoms with Crippen LogP contribution >= 0.6 is 0 Å². The molecule has 0 atom stereocenters. The molecule has 0 unspecified atom stereocenters. The van der Waals surface area contributed by atoms with E-state index in [-0.39, 0.29) is 0 Å². The Morgan fingerprint density at radius 3 is 2.56 bits per heavy atom. The van der Waals surface area contributed by atoms with Gasteiger partial charge in [0.25, 0.3) is 0 Å². The van der Waals surface area contributed by atoms with Gasteiger partial charge in [0.2, 0.25) is 0 Å². The number of fused-ring (bicyclic) bond motifs is 1. The number of aryl methyl sites for hydroxylation is 2. The molecule has 2 aromatic heterocycles. The minimum Gasteiger partial charge on any atom is -0.381 e. The number of benzene rings is 2. The van der Waals surface area contributed by atoms with E-state index in [9.17, 15) is 0 Å². The highest BCUT2D eigenvalue weighted by Gasteiger charge is 2.19. The lowest BCUT2D eigenvalue weighted by Gasteiger charge is -2.23. The molecule has 0 bridgehead atoms. The summed E-state index contributed by atoms with van der Waals surface area (Å²) in [7, 11) is 0. The summed E-state index contributed by atoms with van der Waals surface area (Å²) >= 11 is 0. The monoisotopic (exact) mass is 422 g/mol. The molecule has 1 N–H and O–H groups in total. The maximum Gasteiger partial charge on any atom is 0.151 e. The van der Waals surface area contributed by atoms with Gasteiger partial charge >= 0.3 is 0 Å². The molecular weight excluding hydrogens is 396 g/mol. The molecule has 160 valence electrons. The average molecular weight is 423 g/mol. The summed E-state index contributed by atoms with van der Waals surface area (Å²) in [6.45, 7) is 5.73. The van der Waals surface area contributed by atoms with Crippen molar-refractivity contribution in [3.05, 3.63) is 83.3 Å². The second-order valence-corrected chi connectivity index (χ2v) is 8.32. The zero-order valence-electron chi connectivity index (χ0n) is 18.4. The number of rotatable bonds is 3. The summed E-state index contributed by atoms with van der Waals surface area (Å²) in [5, 5.41) is 4.59. The molecule has 1 aliphatic rings. The summed E-state index contributed by atoms with van der Waals surface area (Å²) < 4.78 is 7.63. The smallest absolute Gasteiger partial charge is 0.151 e. The highest BCUT2D eigenvalue weighted by Crippen LogP contribution is 2.29. The first kappa shape index (κ1) is 20.3. The molecule has 32 heavy (non-hydrogen) atoms. The number of hydrogen-bond acceptors (Lipinski definition) is 4. The van der Waals surface area contributed by atoms with Crippen LogP contribution in [0.1, 0.15) is 35.1 Å². The lowest BCUT2D eigenvalue weighted by atomic mass is 10.1. The molecule has 1 saturated heterocycles. The van der Waals surface area contributed by atoms with Crippen LogP contribution in [-0.4, -0.2) is 33.8 Å². The maximum atomic E-state index is 5.52. The third kappa shape index (κ3) is 4.23. The molecule has 0 amide bonds. The summed E-state index contributed by atoms with van der Waals surface area (Å²) in [6, 6.07) is 17.0. The third-order valence-corrected chi connectivity index (χ3v) is 5.82. The third-order valence-electron chi connectivity index (χ3n) is 5.82. The van der Waals surface area contributed by atoms with Gasteiger partial charge < -0.3 is 10.1 Å². The van der Waals surface area contributed by atoms with E-state index < -0.39 is 0 Å². The normalized spacial score (nSPS) is 14.2. The van der Waals surface area contributed by atoms with Gasteiger partial charge in [-0.05, 0) is 56.5 Å². The van der Waals surface area contributed by atoms with E-state index in [0.29, 0.717) is 6.04 Å². The standard InChI is InChI=1S/C27H26N4O/c1-19-6-8-21(9-7-19)10-11-22-17-31(24-5-3-4-20(2)16-24)27-25(22)26(28-18-29-27)30-23-12-14-32-15-13-23/h3-9,16-18,23H,12-15H2,1-2H3,(H,28,29,30). The van der Waals surface area contributed by atoms with Crippen molar-refractivity contribution in [1.82, 2.24) is 14.5 Å². The first-order valence-corrected chi connectivity index (χ1v) is 11.0. The van der Waals surface area contributed by atoms with E-state index in [1.54, 1.807) is 6.33 Å². The van der Waals surface area contributed by atoms with Crippen molar-refractivity contribution < 1.29 is 4.74 Å². The maximum absolute atomic E-state index is 5.52. The lowest BCUT2D eigenvalue weighted by Crippen LogP contribution is -2.28. The molecule has 0 radical (unpaired) electrons. The molecule has 2 aromatic carbocycles. The number of hydrogen-bond donors (Lipinski definition) is 1. The summed E-state index contributed by atoms with van der Waals surface area (Å²) in [5.41, 5.74) is 6.25. The van der Waals surface area contributed by atoms with E-state index >= 15 is 0 Å². The highest BCUT2D eigenvalue weighted by atomic mass is 16.5. The number of nitrogens with zero attached hydrogens (tertiary/aromatic N) is 3. The van der Waals surface area contributed by atoms with Gasteiger partial charge in [0, 0.05) is 36.7 Å². The van der Waals surface area contributed by atoms with Crippen molar-refractivity contribution in [2.24, 2.45) is 0 Å². The van der Waals surface area contributed by atoms with Crippen molar-refractivity contribution in [1.29, 1.82) is 0 Å². The lowest BCUT2D eigenvalue weighted by molar-refractivity contribution is 0.0904. The van der Waals surface area contributed by atoms with E-state index in [2.05, 4.69) is 100 Å². The van der Waals surface area contributed by atoms with Gasteiger partial charge in [-0.25, -0.2) is 9.97 Å². The van der Waals surface area contributed by atoms with Crippen LogP contribution in [0.3, 0.4) is 0 Å². The predicted molar refractivity (Wildman–Crippen MR) is 128 cm³/mol. The second-order valence-electron chi connectivity index (χ2n) is 8.32. The van der Waals surface area contributed by atoms with Gasteiger partial charge in [-0.3, -0.25) is 4.57 Å². The highest BCUT2D eigenvalue weighted by molar-refractivity contribution is 5.94. The SMILES string of the molecule is Cc1ccc(C#Cc2cn(-c3cccc(C)c3)c3ncnc(NC4CCOCC4)c23)cc1. The summed E-state index contributed by atoms with van der Waals surface area (Å²) in [6.07, 6.45) is 5.64. The van der Waals surface area contributed by atoms with Crippen molar-refractivity contribution in [3.8, 4) is 17.5 Å². The number of nitrogens with one attached hydrogen (secondary N) is 1. The predicted octanol–water partition coefficient (Wildman–Crippen LogP) is 5.03. The summed E-state index contributed by atoms with van der Waals surface area (Å²) in [5.74, 6) is 7.55. The van der Waals surface area contributed by atoms with E-state index in [1.165, 1.54) is 11.1 Å². The number of ether oxygens (including phenoxy) is 1. The Kier molecular flexibility index (Phi) is 5.62. The molecule has 5 heteroatoms. The van der Waals surface area contributed by atoms with Crippen LogP contribution in [0.2, 0.25) is 0 Å².